The second-order valence-corrected chi connectivity index (χ2v) is 9.99. The van der Waals surface area contributed by atoms with Gasteiger partial charge in [-0.15, -0.1) is 0 Å². The third-order valence-corrected chi connectivity index (χ3v) is 6.58. The number of carbonyl (C=O) groups is 2. The van der Waals surface area contributed by atoms with Crippen LogP contribution in [0.1, 0.15) is 62.1 Å². The highest BCUT2D eigenvalue weighted by Crippen LogP contribution is 2.13. The summed E-state index contributed by atoms with van der Waals surface area (Å²) >= 11 is 0. The molecule has 208 valence electrons. The molecule has 3 aromatic rings. The highest BCUT2D eigenvalue weighted by molar-refractivity contribution is 5.69. The average Bonchev–Trinajstić information content (AvgIpc) is 2.96. The van der Waals surface area contributed by atoms with Crippen LogP contribution in [0.25, 0.3) is 0 Å². The van der Waals surface area contributed by atoms with Gasteiger partial charge in [-0.1, -0.05) is 91.0 Å². The van der Waals surface area contributed by atoms with E-state index in [0.29, 0.717) is 12.8 Å². The molecule has 0 aliphatic heterocycles. The predicted octanol–water partition coefficient (Wildman–Crippen LogP) is 6.92. The van der Waals surface area contributed by atoms with Crippen LogP contribution < -0.4 is 0 Å². The molecule has 0 fully saturated rings. The molecule has 0 N–H and O–H groups in total. The van der Waals surface area contributed by atoms with Gasteiger partial charge < -0.3 is 14.2 Å². The smallest absolute Gasteiger partial charge is 0.305 e. The summed E-state index contributed by atoms with van der Waals surface area (Å²) in [6.45, 7) is 2.16. The maximum atomic E-state index is 12.4. The Kier molecular flexibility index (Phi) is 13.9. The molecule has 1 atom stereocenters. The molecular formula is C34H42O5. The SMILES string of the molecule is CC(CCCc1ccccc1)OC(COC(=O)CCCc1ccccc1)COC(=O)CCCc1ccccc1. The van der Waals surface area contributed by atoms with E-state index in [1.165, 1.54) is 16.7 Å². The number of rotatable bonds is 18. The topological polar surface area (TPSA) is 61.8 Å². The maximum absolute atomic E-state index is 12.4. The van der Waals surface area contributed by atoms with Crippen molar-refractivity contribution in [1.82, 2.24) is 0 Å². The number of hydrogen-bond acceptors (Lipinski definition) is 5. The highest BCUT2D eigenvalue weighted by atomic mass is 16.6. The summed E-state index contributed by atoms with van der Waals surface area (Å²) in [7, 11) is 0. The summed E-state index contributed by atoms with van der Waals surface area (Å²) in [5.74, 6) is -0.518. The number of hydrogen-bond donors (Lipinski definition) is 0. The van der Waals surface area contributed by atoms with Gasteiger partial charge in [0.1, 0.15) is 19.3 Å². The van der Waals surface area contributed by atoms with Gasteiger partial charge in [-0.05, 0) is 68.6 Å². The summed E-state index contributed by atoms with van der Waals surface area (Å²) in [4.78, 5) is 24.8. The lowest BCUT2D eigenvalue weighted by Crippen LogP contribution is -2.31. The molecule has 1 unspecified atom stereocenters. The molecule has 5 heteroatoms. The normalized spacial score (nSPS) is 11.7. The second kappa shape index (κ2) is 18.0. The van der Waals surface area contributed by atoms with E-state index in [1.54, 1.807) is 0 Å². The molecule has 39 heavy (non-hydrogen) atoms. The lowest BCUT2D eigenvalue weighted by Gasteiger charge is -2.22. The summed E-state index contributed by atoms with van der Waals surface area (Å²) in [6.07, 6.45) is 6.07. The van der Waals surface area contributed by atoms with Gasteiger partial charge in [-0.25, -0.2) is 0 Å². The quantitative estimate of drug-likeness (QED) is 0.167. The number of benzene rings is 3. The van der Waals surface area contributed by atoms with Gasteiger partial charge in [0, 0.05) is 12.8 Å². The van der Waals surface area contributed by atoms with Gasteiger partial charge in [-0.3, -0.25) is 9.59 Å². The molecule has 0 aliphatic carbocycles. The number of aryl methyl sites for hydroxylation is 3. The minimum absolute atomic E-state index is 0.0488. The van der Waals surface area contributed by atoms with E-state index >= 15 is 0 Å². The van der Waals surface area contributed by atoms with Crippen LogP contribution >= 0.6 is 0 Å². The highest BCUT2D eigenvalue weighted by Gasteiger charge is 2.19. The molecule has 5 nitrogen and oxygen atoms in total. The van der Waals surface area contributed by atoms with Crippen LogP contribution in [-0.2, 0) is 43.1 Å². The standard InChI is InChI=1S/C34H42O5/c1-28(14-11-21-29-15-5-2-6-16-29)39-32(26-37-33(35)24-12-22-30-17-7-3-8-18-30)27-38-34(36)25-13-23-31-19-9-4-10-20-31/h2-10,15-20,28,32H,11-14,21-27H2,1H3. The molecule has 3 rings (SSSR count). The van der Waals surface area contributed by atoms with E-state index in [2.05, 4.69) is 36.4 Å². The molecule has 0 radical (unpaired) electrons. The van der Waals surface area contributed by atoms with E-state index in [9.17, 15) is 9.59 Å². The molecule has 3 aromatic carbocycles. The third-order valence-electron chi connectivity index (χ3n) is 6.58. The first-order valence-corrected chi connectivity index (χ1v) is 14.2. The summed E-state index contributed by atoms with van der Waals surface area (Å²) in [6, 6.07) is 30.6. The molecule has 0 aromatic heterocycles. The zero-order valence-corrected chi connectivity index (χ0v) is 23.1. The molecule has 0 amide bonds. The van der Waals surface area contributed by atoms with Gasteiger partial charge in [0.2, 0.25) is 0 Å². The number of ether oxygens (including phenoxy) is 3. The van der Waals surface area contributed by atoms with Gasteiger partial charge in [0.05, 0.1) is 6.10 Å². The molecule has 0 aliphatic rings. The minimum Gasteiger partial charge on any atom is -0.463 e. The Morgan fingerprint density at radius 3 is 1.38 bits per heavy atom. The van der Waals surface area contributed by atoms with E-state index in [4.69, 9.17) is 14.2 Å². The molecule has 0 saturated heterocycles. The Labute approximate surface area is 233 Å². The van der Waals surface area contributed by atoms with Crippen LogP contribution in [0.5, 0.6) is 0 Å². The van der Waals surface area contributed by atoms with Crippen molar-refractivity contribution >= 4 is 11.9 Å². The van der Waals surface area contributed by atoms with Crippen molar-refractivity contribution < 1.29 is 23.8 Å². The molecular weight excluding hydrogens is 488 g/mol. The van der Waals surface area contributed by atoms with Gasteiger partial charge >= 0.3 is 11.9 Å². The van der Waals surface area contributed by atoms with Gasteiger partial charge in [-0.2, -0.15) is 0 Å². The Morgan fingerprint density at radius 1 is 0.590 bits per heavy atom. The average molecular weight is 531 g/mol. The zero-order chi connectivity index (χ0) is 27.5. The Balaban J connectivity index is 1.41. The Hall–Kier alpha value is -3.44. The van der Waals surface area contributed by atoms with Gasteiger partial charge in [0.15, 0.2) is 0 Å². The number of carbonyl (C=O) groups excluding carboxylic acids is 2. The minimum atomic E-state index is -0.493. The summed E-state index contributed by atoms with van der Waals surface area (Å²) < 4.78 is 17.2. The van der Waals surface area contributed by atoms with Crippen LogP contribution in [0.4, 0.5) is 0 Å². The van der Waals surface area contributed by atoms with Crippen molar-refractivity contribution in [2.75, 3.05) is 13.2 Å². The largest absolute Gasteiger partial charge is 0.463 e. The fraction of sp³-hybridized carbons (Fsp3) is 0.412. The van der Waals surface area contributed by atoms with Crippen LogP contribution in [0.2, 0.25) is 0 Å². The fourth-order valence-electron chi connectivity index (χ4n) is 4.44. The van der Waals surface area contributed by atoms with Crippen molar-refractivity contribution in [3.05, 3.63) is 108 Å². The Bertz CT molecular complexity index is 1010. The maximum Gasteiger partial charge on any atom is 0.305 e. The predicted molar refractivity (Wildman–Crippen MR) is 154 cm³/mol. The van der Waals surface area contributed by atoms with Crippen molar-refractivity contribution in [2.24, 2.45) is 0 Å². The van der Waals surface area contributed by atoms with E-state index in [0.717, 1.165) is 44.9 Å². The lowest BCUT2D eigenvalue weighted by atomic mass is 10.1. The van der Waals surface area contributed by atoms with E-state index < -0.39 is 6.10 Å². The van der Waals surface area contributed by atoms with Crippen molar-refractivity contribution in [3.63, 3.8) is 0 Å². The first-order valence-electron chi connectivity index (χ1n) is 14.2. The fourth-order valence-corrected chi connectivity index (χ4v) is 4.44. The van der Waals surface area contributed by atoms with Crippen LogP contribution in [0.3, 0.4) is 0 Å². The summed E-state index contributed by atoms with van der Waals surface area (Å²) in [5, 5.41) is 0. The number of esters is 2. The van der Waals surface area contributed by atoms with Crippen molar-refractivity contribution in [1.29, 1.82) is 0 Å². The van der Waals surface area contributed by atoms with Gasteiger partial charge in [0.25, 0.3) is 0 Å². The monoisotopic (exact) mass is 530 g/mol. The van der Waals surface area contributed by atoms with E-state index in [-0.39, 0.29) is 31.3 Å². The molecule has 0 bridgehead atoms. The second-order valence-electron chi connectivity index (χ2n) is 9.99. The molecule has 0 spiro atoms. The third kappa shape index (κ3) is 13.3. The van der Waals surface area contributed by atoms with Crippen LogP contribution in [0.15, 0.2) is 91.0 Å². The van der Waals surface area contributed by atoms with Crippen molar-refractivity contribution in [3.8, 4) is 0 Å². The van der Waals surface area contributed by atoms with Crippen LogP contribution in [0, 0.1) is 0 Å². The van der Waals surface area contributed by atoms with Crippen LogP contribution in [-0.4, -0.2) is 37.4 Å². The molecule has 0 heterocycles. The first-order chi connectivity index (χ1) is 19.1. The zero-order valence-electron chi connectivity index (χ0n) is 23.1. The summed E-state index contributed by atoms with van der Waals surface area (Å²) in [5.41, 5.74) is 3.71. The first kappa shape index (κ1) is 30.1. The lowest BCUT2D eigenvalue weighted by molar-refractivity contribution is -0.158. The van der Waals surface area contributed by atoms with Crippen molar-refractivity contribution in [2.45, 2.75) is 76.9 Å². The van der Waals surface area contributed by atoms with E-state index in [1.807, 2.05) is 61.5 Å². The molecule has 0 saturated carbocycles. The Morgan fingerprint density at radius 2 is 0.974 bits per heavy atom.